The number of anilines is 3. The number of likely N-dealkylation sites (tertiary alicyclic amines) is 2. The third-order valence-corrected chi connectivity index (χ3v) is 19.1. The number of carbonyl (C=O) groups is 5. The number of fused-ring (bicyclic) bond motifs is 5. The second-order valence-corrected chi connectivity index (χ2v) is 23.9. The summed E-state index contributed by atoms with van der Waals surface area (Å²) in [5.74, 6) is 1.24. The number of hydrogen-bond acceptors (Lipinski definition) is 12. The van der Waals surface area contributed by atoms with Crippen molar-refractivity contribution in [3.8, 4) is 11.3 Å². The minimum atomic E-state index is -0.707. The van der Waals surface area contributed by atoms with E-state index in [4.69, 9.17) is 14.7 Å². The summed E-state index contributed by atoms with van der Waals surface area (Å²) in [5.41, 5.74) is 5.36. The zero-order valence-electron chi connectivity index (χ0n) is 43.3. The molecule has 13 rings (SSSR count). The van der Waals surface area contributed by atoms with Crippen molar-refractivity contribution in [2.45, 2.75) is 158 Å². The van der Waals surface area contributed by atoms with Crippen LogP contribution in [-0.2, 0) is 34.1 Å². The topological polar surface area (TPSA) is 178 Å². The first-order valence-electron chi connectivity index (χ1n) is 27.9. The van der Waals surface area contributed by atoms with E-state index in [2.05, 4.69) is 79.9 Å². The molecule has 5 amide bonds. The number of morpholine rings is 1. The van der Waals surface area contributed by atoms with Crippen molar-refractivity contribution in [2.24, 2.45) is 11.3 Å². The molecule has 390 valence electrons. The van der Waals surface area contributed by atoms with Gasteiger partial charge in [-0.1, -0.05) is 25.1 Å². The summed E-state index contributed by atoms with van der Waals surface area (Å²) < 4.78 is 8.15. The molecule has 2 N–H and O–H groups in total. The molecule has 9 aliphatic rings. The minimum absolute atomic E-state index is 0.0774. The van der Waals surface area contributed by atoms with Crippen LogP contribution in [0.1, 0.15) is 134 Å². The fourth-order valence-electron chi connectivity index (χ4n) is 14.3. The van der Waals surface area contributed by atoms with E-state index in [0.717, 1.165) is 102 Å². The SMILES string of the molecule is CC(C)n1cnc2cc(-c3ccc4c(c3)N(C3CC(N5C6CC[C@H]5COC6)C3)C(=O)C43CCN(C(=O)C4(C)CCN(C(=O)C5CCN(c6ccc([C@H]7CCC(=O)NC7=O)cn6)CC5)CC4)CC3)nc(NC3CC3)c21. The van der Waals surface area contributed by atoms with Crippen molar-refractivity contribution < 1.29 is 28.7 Å². The molecule has 17 heteroatoms. The number of imidazole rings is 1. The molecule has 0 radical (unpaired) electrons. The van der Waals surface area contributed by atoms with Gasteiger partial charge >= 0.3 is 0 Å². The van der Waals surface area contributed by atoms with E-state index in [0.29, 0.717) is 102 Å². The molecule has 1 aromatic carbocycles. The van der Waals surface area contributed by atoms with E-state index >= 15 is 4.79 Å². The van der Waals surface area contributed by atoms with Crippen LogP contribution in [0.4, 0.5) is 17.3 Å². The Kier molecular flexibility index (Phi) is 11.9. The average molecular weight is 1010 g/mol. The van der Waals surface area contributed by atoms with Gasteiger partial charge in [0.05, 0.1) is 42.1 Å². The molecule has 4 aromatic rings. The highest BCUT2D eigenvalue weighted by molar-refractivity contribution is 6.09. The maximum Gasteiger partial charge on any atom is 0.238 e. The van der Waals surface area contributed by atoms with Crippen molar-refractivity contribution in [3.05, 3.63) is 60.0 Å². The van der Waals surface area contributed by atoms with Gasteiger partial charge in [0, 0.05) is 111 Å². The van der Waals surface area contributed by atoms with Crippen molar-refractivity contribution >= 4 is 57.9 Å². The first-order chi connectivity index (χ1) is 35.8. The van der Waals surface area contributed by atoms with E-state index in [9.17, 15) is 19.2 Å². The van der Waals surface area contributed by atoms with Gasteiger partial charge in [0.15, 0.2) is 5.82 Å². The lowest BCUT2D eigenvalue weighted by molar-refractivity contribution is -0.150. The van der Waals surface area contributed by atoms with Crippen LogP contribution in [0, 0.1) is 11.3 Å². The molecule has 74 heavy (non-hydrogen) atoms. The van der Waals surface area contributed by atoms with Crippen LogP contribution in [0.5, 0.6) is 0 Å². The third kappa shape index (κ3) is 8.16. The number of nitrogens with one attached hydrogen (secondary N) is 2. The average Bonchev–Trinajstić information content (AvgIpc) is 4.01. The zero-order chi connectivity index (χ0) is 50.6. The number of pyridine rings is 2. The number of imide groups is 1. The van der Waals surface area contributed by atoms with E-state index in [1.54, 1.807) is 6.20 Å². The monoisotopic (exact) mass is 1010 g/mol. The quantitative estimate of drug-likeness (QED) is 0.170. The standard InChI is InChI=1S/C57H71N11O6/c1-34(2)66-33-59-46-29-45(61-51(50(46)66)60-38-6-7-38)36-4-11-44-47(26-36)68(42-27-41(28-42)67-39-8-9-40(67)32-74-31-39)55(73)57(44)18-24-65(25-19-57)54(72)56(3)16-22-64(23-17-56)53(71)35-14-20-63(21-15-35)48-12-5-37(30-58-48)43-10-13-49(69)62-52(43)70/h4-5,11-12,26,29-30,33-35,38-43H,6-10,13-25,27-28,31-32H2,1-3H3,(H,60,61)(H,62,69,70)/t39-,40?,41?,42?,43+/m0/s1. The van der Waals surface area contributed by atoms with Crippen LogP contribution < -0.4 is 20.4 Å². The second-order valence-electron chi connectivity index (χ2n) is 23.9. The van der Waals surface area contributed by atoms with Gasteiger partial charge in [-0.05, 0) is 127 Å². The van der Waals surface area contributed by atoms with Gasteiger partial charge in [-0.3, -0.25) is 34.2 Å². The molecule has 1 unspecified atom stereocenters. The van der Waals surface area contributed by atoms with Crippen molar-refractivity contribution in [1.29, 1.82) is 0 Å². The predicted octanol–water partition coefficient (Wildman–Crippen LogP) is 6.32. The molecule has 7 aliphatic heterocycles. The van der Waals surface area contributed by atoms with Crippen molar-refractivity contribution in [2.75, 3.05) is 67.6 Å². The summed E-state index contributed by atoms with van der Waals surface area (Å²) >= 11 is 0. The van der Waals surface area contributed by atoms with Crippen LogP contribution in [0.3, 0.4) is 0 Å². The fourth-order valence-corrected chi connectivity index (χ4v) is 14.3. The summed E-state index contributed by atoms with van der Waals surface area (Å²) in [6.45, 7) is 11.6. The van der Waals surface area contributed by atoms with Gasteiger partial charge in [0.25, 0.3) is 0 Å². The Morgan fingerprint density at radius 2 is 1.53 bits per heavy atom. The molecule has 10 heterocycles. The summed E-state index contributed by atoms with van der Waals surface area (Å²) in [4.78, 5) is 94.0. The molecule has 2 saturated carbocycles. The number of hydrogen-bond donors (Lipinski definition) is 2. The van der Waals surface area contributed by atoms with Crippen LogP contribution >= 0.6 is 0 Å². The lowest BCUT2D eigenvalue weighted by Gasteiger charge is -2.50. The summed E-state index contributed by atoms with van der Waals surface area (Å²) in [6, 6.07) is 14.7. The Bertz CT molecular complexity index is 2870. The maximum absolute atomic E-state index is 15.4. The number of piperidine rings is 4. The molecular weight excluding hydrogens is 935 g/mol. The molecule has 3 atom stereocenters. The van der Waals surface area contributed by atoms with Gasteiger partial charge in [-0.25, -0.2) is 15.0 Å². The largest absolute Gasteiger partial charge is 0.378 e. The molecule has 2 aliphatic carbocycles. The number of carbonyl (C=O) groups excluding carboxylic acids is 5. The molecule has 17 nitrogen and oxygen atoms in total. The molecule has 3 aromatic heterocycles. The van der Waals surface area contributed by atoms with Crippen LogP contribution in [-0.4, -0.2) is 146 Å². The van der Waals surface area contributed by atoms with Crippen molar-refractivity contribution in [3.63, 3.8) is 0 Å². The summed E-state index contributed by atoms with van der Waals surface area (Å²) in [5, 5.41) is 6.14. The van der Waals surface area contributed by atoms with Crippen LogP contribution in [0.25, 0.3) is 22.3 Å². The number of rotatable bonds is 10. The Hall–Kier alpha value is -5.94. The van der Waals surface area contributed by atoms with Gasteiger partial charge in [0.2, 0.25) is 29.5 Å². The lowest BCUT2D eigenvalue weighted by Crippen LogP contribution is -2.62. The molecule has 8 fully saturated rings. The Morgan fingerprint density at radius 3 is 2.20 bits per heavy atom. The zero-order valence-corrected chi connectivity index (χ0v) is 43.3. The third-order valence-electron chi connectivity index (χ3n) is 19.1. The smallest absolute Gasteiger partial charge is 0.238 e. The predicted molar refractivity (Wildman–Crippen MR) is 279 cm³/mol. The number of nitrogens with zero attached hydrogens (tertiary/aromatic N) is 9. The first kappa shape index (κ1) is 47.8. The first-order valence-corrected chi connectivity index (χ1v) is 27.9. The number of aromatic nitrogens is 4. The van der Waals surface area contributed by atoms with E-state index < -0.39 is 10.8 Å². The summed E-state index contributed by atoms with van der Waals surface area (Å²) in [7, 11) is 0. The number of ether oxygens (including phenoxy) is 1. The van der Waals surface area contributed by atoms with Crippen LogP contribution in [0.15, 0.2) is 48.9 Å². The normalized spacial score (nSPS) is 28.0. The summed E-state index contributed by atoms with van der Waals surface area (Å²) in [6.07, 6.45) is 14.9. The maximum atomic E-state index is 15.4. The van der Waals surface area contributed by atoms with Gasteiger partial charge in [0.1, 0.15) is 11.3 Å². The van der Waals surface area contributed by atoms with Crippen LogP contribution in [0.2, 0.25) is 0 Å². The second kappa shape index (κ2) is 18.4. The number of amides is 5. The molecule has 1 spiro atoms. The fraction of sp³-hybridized carbons (Fsp3) is 0.614. The van der Waals surface area contributed by atoms with Gasteiger partial charge < -0.3 is 34.2 Å². The highest BCUT2D eigenvalue weighted by Gasteiger charge is 2.58. The van der Waals surface area contributed by atoms with E-state index in [-0.39, 0.29) is 53.5 Å². The van der Waals surface area contributed by atoms with E-state index in [1.807, 2.05) is 28.3 Å². The Balaban J connectivity index is 0.676. The minimum Gasteiger partial charge on any atom is -0.378 e. The highest BCUT2D eigenvalue weighted by Crippen LogP contribution is 2.53. The number of benzene rings is 1. The van der Waals surface area contributed by atoms with E-state index in [1.165, 1.54) is 12.8 Å². The Morgan fingerprint density at radius 1 is 0.797 bits per heavy atom. The Labute approximate surface area is 433 Å². The highest BCUT2D eigenvalue weighted by atomic mass is 16.5. The molecule has 6 saturated heterocycles. The van der Waals surface area contributed by atoms with Gasteiger partial charge in [-0.15, -0.1) is 0 Å². The lowest BCUT2D eigenvalue weighted by atomic mass is 9.72. The van der Waals surface area contributed by atoms with Crippen molar-refractivity contribution in [1.82, 2.24) is 39.5 Å². The molecular formula is C57H71N11O6. The molecule has 2 bridgehead atoms. The van der Waals surface area contributed by atoms with Gasteiger partial charge in [-0.2, -0.15) is 0 Å².